The van der Waals surface area contributed by atoms with Gasteiger partial charge in [0, 0.05) is 13.3 Å². The summed E-state index contributed by atoms with van der Waals surface area (Å²) in [5.74, 6) is -1.07. The Kier molecular flexibility index (Phi) is 9.67. The quantitative estimate of drug-likeness (QED) is 0.232. The van der Waals surface area contributed by atoms with E-state index in [0.29, 0.717) is 6.42 Å². The Morgan fingerprint density at radius 3 is 2.48 bits per heavy atom. The number of esters is 2. The van der Waals surface area contributed by atoms with Crippen LogP contribution in [0.3, 0.4) is 0 Å². The van der Waals surface area contributed by atoms with Crippen LogP contribution in [-0.4, -0.2) is 29.8 Å². The van der Waals surface area contributed by atoms with E-state index in [9.17, 15) is 14.7 Å². The van der Waals surface area contributed by atoms with Crippen molar-refractivity contribution < 1.29 is 24.2 Å². The summed E-state index contributed by atoms with van der Waals surface area (Å²) >= 11 is 0. The van der Waals surface area contributed by atoms with E-state index in [-0.39, 0.29) is 24.4 Å². The zero-order valence-corrected chi connectivity index (χ0v) is 12.9. The second-order valence-electron chi connectivity index (χ2n) is 4.31. The van der Waals surface area contributed by atoms with Crippen molar-refractivity contribution in [2.24, 2.45) is 0 Å². The molecule has 5 heteroatoms. The minimum absolute atomic E-state index is 0.0860. The summed E-state index contributed by atoms with van der Waals surface area (Å²) in [6.07, 6.45) is 5.56. The van der Waals surface area contributed by atoms with Gasteiger partial charge in [0.2, 0.25) is 0 Å². The Labute approximate surface area is 125 Å². The van der Waals surface area contributed by atoms with Gasteiger partial charge in [0.05, 0.1) is 12.2 Å². The fourth-order valence-electron chi connectivity index (χ4n) is 1.58. The van der Waals surface area contributed by atoms with Crippen LogP contribution in [0.5, 0.6) is 0 Å². The van der Waals surface area contributed by atoms with Crippen molar-refractivity contribution in [1.82, 2.24) is 0 Å². The summed E-state index contributed by atoms with van der Waals surface area (Å²) in [5.41, 5.74) is 0.129. The largest absolute Gasteiger partial charge is 0.511 e. The van der Waals surface area contributed by atoms with Gasteiger partial charge in [-0.05, 0) is 25.8 Å². The first-order valence-electron chi connectivity index (χ1n) is 7.01. The number of rotatable bonds is 9. The Bertz CT molecular complexity index is 420. The number of aliphatic hydroxyl groups excluding tert-OH is 1. The maximum Gasteiger partial charge on any atom is 0.341 e. The molecule has 1 N–H and O–H groups in total. The molecule has 1 atom stereocenters. The van der Waals surface area contributed by atoms with Crippen LogP contribution in [-0.2, 0) is 19.1 Å². The maximum atomic E-state index is 11.8. The number of aliphatic hydroxyl groups is 1. The van der Waals surface area contributed by atoms with Crippen LogP contribution in [0, 0.1) is 0 Å². The second-order valence-corrected chi connectivity index (χ2v) is 4.31. The molecule has 0 radical (unpaired) electrons. The van der Waals surface area contributed by atoms with Crippen molar-refractivity contribution in [3.05, 3.63) is 36.1 Å². The van der Waals surface area contributed by atoms with Gasteiger partial charge < -0.3 is 14.6 Å². The van der Waals surface area contributed by atoms with E-state index in [1.165, 1.54) is 13.0 Å². The third-order valence-corrected chi connectivity index (χ3v) is 2.57. The van der Waals surface area contributed by atoms with Crippen LogP contribution in [0.25, 0.3) is 0 Å². The molecule has 0 aromatic rings. The average molecular weight is 296 g/mol. The number of hydrogen-bond donors (Lipinski definition) is 1. The van der Waals surface area contributed by atoms with Crippen molar-refractivity contribution in [2.75, 3.05) is 6.61 Å². The lowest BCUT2D eigenvalue weighted by Crippen LogP contribution is -2.14. The molecule has 118 valence electrons. The minimum atomic E-state index is -0.567. The van der Waals surface area contributed by atoms with E-state index in [0.717, 1.165) is 6.42 Å². The number of allylic oxidation sites excluding steroid dienone is 2. The molecular weight excluding hydrogens is 272 g/mol. The monoisotopic (exact) mass is 296 g/mol. The summed E-state index contributed by atoms with van der Waals surface area (Å²) < 4.78 is 9.90. The molecule has 5 nitrogen and oxygen atoms in total. The minimum Gasteiger partial charge on any atom is -0.511 e. The first kappa shape index (κ1) is 19.0. The molecule has 0 saturated heterocycles. The standard InChI is InChI=1S/C16H24O5/c1-5-8-9-14(16(19)20-7-3)15(18)11-10-13(6-2)21-12(4)17/h6,8-9,13,18H,2,5,7,10-11H2,1,3-4H3/b9-8+,15-14-. The molecule has 0 rings (SSSR count). The number of ether oxygens (including phenoxy) is 2. The summed E-state index contributed by atoms with van der Waals surface area (Å²) in [6, 6.07) is 0. The Hall–Kier alpha value is -2.04. The lowest BCUT2D eigenvalue weighted by molar-refractivity contribution is -0.144. The molecule has 0 spiro atoms. The molecule has 1 unspecified atom stereocenters. The molecule has 0 amide bonds. The molecule has 0 heterocycles. The predicted molar refractivity (Wildman–Crippen MR) is 80.7 cm³/mol. The topological polar surface area (TPSA) is 72.8 Å². The summed E-state index contributed by atoms with van der Waals surface area (Å²) in [7, 11) is 0. The first-order valence-corrected chi connectivity index (χ1v) is 7.01. The van der Waals surface area contributed by atoms with Gasteiger partial charge in [0.1, 0.15) is 11.9 Å². The summed E-state index contributed by atoms with van der Waals surface area (Å²) in [4.78, 5) is 22.7. The highest BCUT2D eigenvalue weighted by atomic mass is 16.5. The van der Waals surface area contributed by atoms with Gasteiger partial charge in [-0.2, -0.15) is 0 Å². The Morgan fingerprint density at radius 1 is 1.33 bits per heavy atom. The molecule has 21 heavy (non-hydrogen) atoms. The number of hydrogen-bond acceptors (Lipinski definition) is 5. The number of carbonyl (C=O) groups is 2. The zero-order valence-electron chi connectivity index (χ0n) is 12.9. The van der Waals surface area contributed by atoms with E-state index in [4.69, 9.17) is 9.47 Å². The van der Waals surface area contributed by atoms with Crippen LogP contribution < -0.4 is 0 Å². The highest BCUT2D eigenvalue weighted by Gasteiger charge is 2.15. The van der Waals surface area contributed by atoms with E-state index in [1.807, 2.05) is 6.92 Å². The summed E-state index contributed by atoms with van der Waals surface area (Å²) in [6.45, 7) is 8.73. The van der Waals surface area contributed by atoms with E-state index in [2.05, 4.69) is 6.58 Å². The normalized spacial score (nSPS) is 13.5. The van der Waals surface area contributed by atoms with E-state index in [1.54, 1.807) is 19.1 Å². The van der Waals surface area contributed by atoms with Crippen LogP contribution in [0.2, 0.25) is 0 Å². The van der Waals surface area contributed by atoms with Crippen LogP contribution >= 0.6 is 0 Å². The highest BCUT2D eigenvalue weighted by Crippen LogP contribution is 2.15. The van der Waals surface area contributed by atoms with Crippen molar-refractivity contribution >= 4 is 11.9 Å². The SMILES string of the molecule is C=CC(CC/C(O)=C(\C=C\CC)C(=O)OCC)OC(C)=O. The van der Waals surface area contributed by atoms with Crippen molar-refractivity contribution in [1.29, 1.82) is 0 Å². The molecule has 0 aliphatic carbocycles. The number of carbonyl (C=O) groups excluding carboxylic acids is 2. The lowest BCUT2D eigenvalue weighted by Gasteiger charge is -2.13. The Balaban J connectivity index is 4.92. The molecule has 0 fully saturated rings. The van der Waals surface area contributed by atoms with Gasteiger partial charge in [0.25, 0.3) is 0 Å². The summed E-state index contributed by atoms with van der Waals surface area (Å²) in [5, 5.41) is 10.1. The smallest absolute Gasteiger partial charge is 0.341 e. The molecule has 0 saturated carbocycles. The van der Waals surface area contributed by atoms with Crippen molar-refractivity contribution in [3.63, 3.8) is 0 Å². The lowest BCUT2D eigenvalue weighted by atomic mass is 10.1. The van der Waals surface area contributed by atoms with Gasteiger partial charge in [-0.3, -0.25) is 4.79 Å². The van der Waals surface area contributed by atoms with Crippen LogP contribution in [0.4, 0.5) is 0 Å². The molecule has 0 aromatic carbocycles. The van der Waals surface area contributed by atoms with Gasteiger partial charge >= 0.3 is 11.9 Å². The van der Waals surface area contributed by atoms with Gasteiger partial charge in [-0.15, -0.1) is 0 Å². The van der Waals surface area contributed by atoms with E-state index < -0.39 is 18.0 Å². The van der Waals surface area contributed by atoms with Crippen LogP contribution in [0.15, 0.2) is 36.1 Å². The van der Waals surface area contributed by atoms with Crippen molar-refractivity contribution in [2.45, 2.75) is 46.1 Å². The third-order valence-electron chi connectivity index (χ3n) is 2.57. The van der Waals surface area contributed by atoms with Gasteiger partial charge in [0.15, 0.2) is 0 Å². The third kappa shape index (κ3) is 7.97. The van der Waals surface area contributed by atoms with Gasteiger partial charge in [-0.1, -0.05) is 25.7 Å². The second kappa shape index (κ2) is 10.7. The molecule has 0 aliphatic rings. The van der Waals surface area contributed by atoms with Crippen LogP contribution in [0.1, 0.15) is 40.0 Å². The average Bonchev–Trinajstić information content (AvgIpc) is 2.43. The molecule has 0 aromatic heterocycles. The van der Waals surface area contributed by atoms with Crippen molar-refractivity contribution in [3.8, 4) is 0 Å². The Morgan fingerprint density at radius 2 is 2.00 bits per heavy atom. The first-order chi connectivity index (χ1) is 9.96. The predicted octanol–water partition coefficient (Wildman–Crippen LogP) is 3.23. The highest BCUT2D eigenvalue weighted by molar-refractivity contribution is 5.92. The maximum absolute atomic E-state index is 11.8. The molecule has 0 bridgehead atoms. The zero-order chi connectivity index (χ0) is 16.3. The fraction of sp³-hybridized carbons (Fsp3) is 0.500. The van der Waals surface area contributed by atoms with E-state index >= 15 is 0 Å². The molecule has 0 aliphatic heterocycles. The molecular formula is C16H24O5. The fourth-order valence-corrected chi connectivity index (χ4v) is 1.58. The van der Waals surface area contributed by atoms with Gasteiger partial charge in [-0.25, -0.2) is 4.79 Å².